The van der Waals surface area contributed by atoms with E-state index in [9.17, 15) is 24.3 Å². The minimum atomic E-state index is -1.31. The standard InChI is InChI=1S/C37H52BrN3O7/c1-9-11-17-26(43)39-23(3)29(24-15-13-12-14-16-24)47-34(46)27-28-32(44)40(19-20-42)31(37(28)21-25(38)30(27)48-37)33(45)41(18-10-2)36(7,8)22-35(4,5)6/h9-10,12-16,23,25,27-31,42H,1-2,11,17-22H2,3-8H3,(H,39,43)/t23-,25?,27-,28+,29-,30-,31-,37+/m0/s1. The second-order valence-electron chi connectivity index (χ2n) is 15.2. The zero-order valence-corrected chi connectivity index (χ0v) is 30.7. The molecule has 8 atom stereocenters. The highest BCUT2D eigenvalue weighted by molar-refractivity contribution is 9.09. The van der Waals surface area contributed by atoms with E-state index < -0.39 is 59.1 Å². The number of ether oxygens (including phenoxy) is 2. The molecule has 0 saturated carbocycles. The van der Waals surface area contributed by atoms with Crippen molar-refractivity contribution in [2.45, 2.75) is 107 Å². The molecule has 1 aromatic rings. The van der Waals surface area contributed by atoms with Gasteiger partial charge in [-0.1, -0.05) is 79.2 Å². The number of hydrogen-bond acceptors (Lipinski definition) is 7. The molecule has 4 rings (SSSR count). The Morgan fingerprint density at radius 2 is 1.85 bits per heavy atom. The maximum atomic E-state index is 14.8. The first-order valence-corrected chi connectivity index (χ1v) is 17.8. The van der Waals surface area contributed by atoms with Gasteiger partial charge in [0, 0.05) is 29.9 Å². The van der Waals surface area contributed by atoms with Crippen LogP contribution in [0.5, 0.6) is 0 Å². The molecule has 3 aliphatic rings. The van der Waals surface area contributed by atoms with Gasteiger partial charge in [0.1, 0.15) is 17.7 Å². The van der Waals surface area contributed by atoms with E-state index in [4.69, 9.17) is 9.47 Å². The van der Waals surface area contributed by atoms with E-state index in [1.54, 1.807) is 24.0 Å². The number of hydrogen-bond donors (Lipinski definition) is 2. The van der Waals surface area contributed by atoms with E-state index in [1.165, 1.54) is 4.90 Å². The van der Waals surface area contributed by atoms with E-state index in [1.807, 2.05) is 44.2 Å². The molecule has 11 heteroatoms. The Hall–Kier alpha value is -3.02. The predicted octanol–water partition coefficient (Wildman–Crippen LogP) is 4.71. The van der Waals surface area contributed by atoms with Crippen LogP contribution in [0.4, 0.5) is 0 Å². The van der Waals surface area contributed by atoms with Gasteiger partial charge in [0.05, 0.1) is 30.6 Å². The zero-order valence-electron chi connectivity index (χ0n) is 29.1. The van der Waals surface area contributed by atoms with E-state index >= 15 is 0 Å². The van der Waals surface area contributed by atoms with Crippen molar-refractivity contribution < 1.29 is 33.8 Å². The van der Waals surface area contributed by atoms with Gasteiger partial charge in [0.2, 0.25) is 17.7 Å². The molecule has 0 aliphatic carbocycles. The third-order valence-electron chi connectivity index (χ3n) is 9.70. The Kier molecular flexibility index (Phi) is 11.7. The lowest BCUT2D eigenvalue weighted by Crippen LogP contribution is -2.61. The summed E-state index contributed by atoms with van der Waals surface area (Å²) in [4.78, 5) is 58.9. The van der Waals surface area contributed by atoms with Gasteiger partial charge in [0.25, 0.3) is 0 Å². The Balaban J connectivity index is 1.71. The summed E-state index contributed by atoms with van der Waals surface area (Å²) in [6, 6.07) is 7.50. The number of allylic oxidation sites excluding steroid dienone is 1. The molecule has 1 unspecified atom stereocenters. The largest absolute Gasteiger partial charge is 0.455 e. The van der Waals surface area contributed by atoms with Gasteiger partial charge in [-0.2, -0.15) is 0 Å². The van der Waals surface area contributed by atoms with Crippen molar-refractivity contribution in [1.29, 1.82) is 0 Å². The normalized spacial score (nSPS) is 27.6. The second kappa shape index (κ2) is 14.8. The smallest absolute Gasteiger partial charge is 0.313 e. The third-order valence-corrected chi connectivity index (χ3v) is 10.5. The Bertz CT molecular complexity index is 1380. The molecule has 3 amide bonds. The minimum absolute atomic E-state index is 0.0850. The number of carbonyl (C=O) groups excluding carboxylic acids is 4. The average molecular weight is 731 g/mol. The van der Waals surface area contributed by atoms with Crippen LogP contribution in [0, 0.1) is 17.3 Å². The average Bonchev–Trinajstić information content (AvgIpc) is 3.59. The summed E-state index contributed by atoms with van der Waals surface area (Å²) in [6.45, 7) is 19.5. The van der Waals surface area contributed by atoms with Gasteiger partial charge in [-0.15, -0.1) is 13.2 Å². The molecule has 0 aromatic heterocycles. The number of β-amino-alcohol motifs (C(OH)–C–C–N with tert-alkyl or cyclic N) is 1. The van der Waals surface area contributed by atoms with Crippen LogP contribution in [0.25, 0.3) is 0 Å². The van der Waals surface area contributed by atoms with Gasteiger partial charge in [0.15, 0.2) is 0 Å². The number of benzene rings is 1. The number of alkyl halides is 1. The minimum Gasteiger partial charge on any atom is -0.455 e. The van der Waals surface area contributed by atoms with E-state index in [2.05, 4.69) is 55.2 Å². The molecule has 3 fully saturated rings. The van der Waals surface area contributed by atoms with Crippen LogP contribution in [0.3, 0.4) is 0 Å². The van der Waals surface area contributed by atoms with E-state index in [0.717, 1.165) is 0 Å². The summed E-state index contributed by atoms with van der Waals surface area (Å²) in [5.74, 6) is -3.57. The quantitative estimate of drug-likeness (QED) is 0.152. The molecule has 2 bridgehead atoms. The van der Waals surface area contributed by atoms with Crippen molar-refractivity contribution in [3.8, 4) is 0 Å². The van der Waals surface area contributed by atoms with Gasteiger partial charge >= 0.3 is 5.97 Å². The number of amides is 3. The summed E-state index contributed by atoms with van der Waals surface area (Å²) in [7, 11) is 0. The van der Waals surface area contributed by atoms with Gasteiger partial charge in [-0.05, 0) is 51.0 Å². The molecular formula is C37H52BrN3O7. The Morgan fingerprint density at radius 3 is 2.44 bits per heavy atom. The summed E-state index contributed by atoms with van der Waals surface area (Å²) >= 11 is 3.72. The summed E-state index contributed by atoms with van der Waals surface area (Å²) in [6.07, 6.45) is 3.54. The first kappa shape index (κ1) is 37.8. The van der Waals surface area contributed by atoms with Crippen molar-refractivity contribution in [3.05, 3.63) is 61.2 Å². The first-order chi connectivity index (χ1) is 22.5. The fourth-order valence-electron chi connectivity index (χ4n) is 8.27. The van der Waals surface area contributed by atoms with Crippen LogP contribution in [-0.2, 0) is 28.7 Å². The van der Waals surface area contributed by atoms with Crippen LogP contribution >= 0.6 is 15.9 Å². The highest BCUT2D eigenvalue weighted by Gasteiger charge is 2.77. The lowest BCUT2D eigenvalue weighted by Gasteiger charge is -2.45. The predicted molar refractivity (Wildman–Crippen MR) is 187 cm³/mol. The van der Waals surface area contributed by atoms with Crippen LogP contribution in [0.2, 0.25) is 0 Å². The number of halogens is 1. The maximum Gasteiger partial charge on any atom is 0.313 e. The molecule has 264 valence electrons. The number of aliphatic hydroxyl groups excluding tert-OH is 1. The molecule has 10 nitrogen and oxygen atoms in total. The molecule has 48 heavy (non-hydrogen) atoms. The third kappa shape index (κ3) is 7.43. The van der Waals surface area contributed by atoms with Crippen LogP contribution in [0.1, 0.15) is 78.9 Å². The van der Waals surface area contributed by atoms with Crippen LogP contribution < -0.4 is 5.32 Å². The number of likely N-dealkylation sites (tertiary alicyclic amines) is 1. The highest BCUT2D eigenvalue weighted by Crippen LogP contribution is 2.60. The second-order valence-corrected chi connectivity index (χ2v) is 16.3. The zero-order chi connectivity index (χ0) is 35.6. The Morgan fingerprint density at radius 1 is 1.19 bits per heavy atom. The number of esters is 1. The van der Waals surface area contributed by atoms with Crippen molar-refractivity contribution in [3.63, 3.8) is 0 Å². The van der Waals surface area contributed by atoms with Crippen molar-refractivity contribution in [2.24, 2.45) is 17.3 Å². The molecule has 2 N–H and O–H groups in total. The van der Waals surface area contributed by atoms with Gasteiger partial charge in [-0.3, -0.25) is 19.2 Å². The number of nitrogens with zero attached hydrogens (tertiary/aromatic N) is 2. The fraction of sp³-hybridized carbons (Fsp3) is 0.622. The fourth-order valence-corrected chi connectivity index (χ4v) is 9.21. The van der Waals surface area contributed by atoms with Crippen LogP contribution in [-0.4, -0.2) is 92.4 Å². The molecule has 0 radical (unpaired) electrons. The molecule has 1 aromatic carbocycles. The summed E-state index contributed by atoms with van der Waals surface area (Å²) < 4.78 is 12.9. The lowest BCUT2D eigenvalue weighted by molar-refractivity contribution is -0.162. The number of carbonyl (C=O) groups is 4. The molecule has 3 saturated heterocycles. The topological polar surface area (TPSA) is 125 Å². The number of aliphatic hydroxyl groups is 1. The van der Waals surface area contributed by atoms with E-state index in [0.29, 0.717) is 24.8 Å². The Labute approximate surface area is 293 Å². The summed E-state index contributed by atoms with van der Waals surface area (Å²) in [5, 5.41) is 13.0. The number of nitrogens with one attached hydrogen (secondary N) is 1. The van der Waals surface area contributed by atoms with Gasteiger partial charge < -0.3 is 29.7 Å². The number of fused-ring (bicyclic) bond motifs is 1. The molecule has 1 spiro atoms. The van der Waals surface area contributed by atoms with Crippen LogP contribution in [0.15, 0.2) is 55.6 Å². The maximum absolute atomic E-state index is 14.8. The van der Waals surface area contributed by atoms with Crippen molar-refractivity contribution in [1.82, 2.24) is 15.1 Å². The van der Waals surface area contributed by atoms with Crippen molar-refractivity contribution >= 4 is 39.6 Å². The van der Waals surface area contributed by atoms with Gasteiger partial charge in [-0.25, -0.2) is 0 Å². The molecule has 3 aliphatic heterocycles. The lowest BCUT2D eigenvalue weighted by atomic mass is 9.70. The molecule has 3 heterocycles. The molecular weight excluding hydrogens is 678 g/mol. The highest BCUT2D eigenvalue weighted by atomic mass is 79.9. The number of rotatable bonds is 15. The van der Waals surface area contributed by atoms with E-state index in [-0.39, 0.29) is 48.2 Å². The summed E-state index contributed by atoms with van der Waals surface area (Å²) in [5.41, 5.74) is -1.33. The monoisotopic (exact) mass is 729 g/mol. The first-order valence-electron chi connectivity index (χ1n) is 16.8. The van der Waals surface area contributed by atoms with Crippen molar-refractivity contribution in [2.75, 3.05) is 19.7 Å². The SMILES string of the molecule is C=CCCC(=O)N[C@@H](C)[C@H](OC(=O)[C@@H]1[C@H]2O[C@@]3(CC2Br)[C@H](C(=O)N(CC=C)C(C)(C)CC(C)(C)C)N(CCO)C(=O)[C@@H]13)c1ccccc1.